The number of carbonyl (C=O) groups is 1. The molecule has 1 aromatic carbocycles. The fourth-order valence-electron chi connectivity index (χ4n) is 6.89. The molecular weight excluding hydrogens is 618 g/mol. The number of hydrogen-bond acceptors (Lipinski definition) is 7. The van der Waals surface area contributed by atoms with Gasteiger partial charge in [-0.3, -0.25) is 4.79 Å². The molecule has 2 aliphatic rings. The molecule has 1 amide bonds. The van der Waals surface area contributed by atoms with Gasteiger partial charge in [-0.2, -0.15) is 0 Å². The second-order valence-electron chi connectivity index (χ2n) is 13.8. The summed E-state index contributed by atoms with van der Waals surface area (Å²) in [7, 11) is 0. The fourth-order valence-corrected chi connectivity index (χ4v) is 6.89. The van der Waals surface area contributed by atoms with Crippen LogP contribution in [0.25, 0.3) is 0 Å². The standard InChI is InChI=1S/C39H59N5O5/c45-39(36-22-14-25-40-36)41-24-8-1-2-9-26-46-27-10-6-17-33-19-12-21-35(48-33)29-44-30-37(42-43-44)38-23-13-20-34(49-38)18-7-11-28-47-31-32-15-4-3-5-16-32/h3-5,14-16,22,25,30,33-35,38,40H,1-2,6-13,17-21,23-24,26-29,31H2,(H,41,45)/t33-,34-,35-,38-/m0/s1. The van der Waals surface area contributed by atoms with Crippen molar-refractivity contribution in [2.45, 2.75) is 140 Å². The van der Waals surface area contributed by atoms with E-state index in [1.165, 1.54) is 18.4 Å². The molecule has 0 bridgehead atoms. The molecule has 2 aliphatic heterocycles. The van der Waals surface area contributed by atoms with Gasteiger partial charge in [0.25, 0.3) is 5.91 Å². The molecule has 2 aromatic heterocycles. The number of hydrogen-bond donors (Lipinski definition) is 2. The number of rotatable bonds is 23. The van der Waals surface area contributed by atoms with Gasteiger partial charge in [0, 0.05) is 32.6 Å². The summed E-state index contributed by atoms with van der Waals surface area (Å²) in [5.74, 6) is -0.0333. The number of unbranched alkanes of at least 4 members (excludes halogenated alkanes) is 5. The van der Waals surface area contributed by atoms with E-state index in [1.54, 1.807) is 12.3 Å². The molecule has 2 N–H and O–H groups in total. The van der Waals surface area contributed by atoms with Crippen LogP contribution in [0.2, 0.25) is 0 Å². The minimum Gasteiger partial charge on any atom is -0.381 e. The van der Waals surface area contributed by atoms with Gasteiger partial charge in [-0.05, 0) is 108 Å². The van der Waals surface area contributed by atoms with Crippen molar-refractivity contribution in [3.8, 4) is 0 Å². The maximum atomic E-state index is 11.9. The first-order valence-corrected chi connectivity index (χ1v) is 19.0. The van der Waals surface area contributed by atoms with Crippen LogP contribution in [-0.2, 0) is 32.1 Å². The summed E-state index contributed by atoms with van der Waals surface area (Å²) in [5.41, 5.74) is 2.80. The number of aromatic nitrogens is 4. The molecule has 49 heavy (non-hydrogen) atoms. The van der Waals surface area contributed by atoms with Crippen LogP contribution in [0.4, 0.5) is 0 Å². The molecule has 5 rings (SSSR count). The highest BCUT2D eigenvalue weighted by atomic mass is 16.5. The van der Waals surface area contributed by atoms with E-state index in [4.69, 9.17) is 18.9 Å². The number of amides is 1. The minimum absolute atomic E-state index is 0.0333. The first-order valence-electron chi connectivity index (χ1n) is 19.0. The van der Waals surface area contributed by atoms with Crippen molar-refractivity contribution in [3.05, 3.63) is 71.8 Å². The van der Waals surface area contributed by atoms with Gasteiger partial charge in [0.1, 0.15) is 17.5 Å². The Kier molecular flexibility index (Phi) is 16.6. The summed E-state index contributed by atoms with van der Waals surface area (Å²) >= 11 is 0. The summed E-state index contributed by atoms with van der Waals surface area (Å²) in [4.78, 5) is 14.8. The smallest absolute Gasteiger partial charge is 0.267 e. The molecule has 270 valence electrons. The van der Waals surface area contributed by atoms with Crippen molar-refractivity contribution in [1.82, 2.24) is 25.3 Å². The topological polar surface area (TPSA) is 113 Å². The lowest BCUT2D eigenvalue weighted by Gasteiger charge is -2.30. The highest BCUT2D eigenvalue weighted by molar-refractivity contribution is 5.92. The first-order chi connectivity index (χ1) is 24.2. The Labute approximate surface area is 293 Å². The van der Waals surface area contributed by atoms with Gasteiger partial charge >= 0.3 is 0 Å². The number of carbonyl (C=O) groups excluding carboxylic acids is 1. The second-order valence-corrected chi connectivity index (χ2v) is 13.8. The monoisotopic (exact) mass is 677 g/mol. The normalized spacial score (nSPS) is 21.1. The van der Waals surface area contributed by atoms with Crippen LogP contribution < -0.4 is 5.32 Å². The molecule has 4 atom stereocenters. The van der Waals surface area contributed by atoms with Crippen LogP contribution in [0.15, 0.2) is 54.9 Å². The second kappa shape index (κ2) is 21.9. The van der Waals surface area contributed by atoms with E-state index in [1.807, 2.05) is 16.8 Å². The lowest BCUT2D eigenvalue weighted by molar-refractivity contribution is -0.0630. The Bertz CT molecular complexity index is 1290. The third kappa shape index (κ3) is 14.0. The van der Waals surface area contributed by atoms with Crippen molar-refractivity contribution in [1.29, 1.82) is 0 Å². The molecule has 4 heterocycles. The molecule has 0 aliphatic carbocycles. The van der Waals surface area contributed by atoms with Gasteiger partial charge in [0.15, 0.2) is 0 Å². The van der Waals surface area contributed by atoms with Gasteiger partial charge in [-0.1, -0.05) is 48.4 Å². The van der Waals surface area contributed by atoms with E-state index in [9.17, 15) is 4.79 Å². The number of nitrogens with one attached hydrogen (secondary N) is 2. The fraction of sp³-hybridized carbons (Fsp3) is 0.667. The quantitative estimate of drug-likeness (QED) is 0.0989. The zero-order valence-electron chi connectivity index (χ0n) is 29.4. The van der Waals surface area contributed by atoms with Gasteiger partial charge in [-0.15, -0.1) is 5.10 Å². The minimum atomic E-state index is -0.0333. The summed E-state index contributed by atoms with van der Waals surface area (Å²) in [6.07, 6.45) is 22.3. The summed E-state index contributed by atoms with van der Waals surface area (Å²) in [6, 6.07) is 14.0. The Balaban J connectivity index is 0.860. The summed E-state index contributed by atoms with van der Waals surface area (Å²) in [6.45, 7) is 4.58. The predicted octanol–water partition coefficient (Wildman–Crippen LogP) is 7.72. The highest BCUT2D eigenvalue weighted by Crippen LogP contribution is 2.32. The molecule has 10 nitrogen and oxygen atoms in total. The van der Waals surface area contributed by atoms with Crippen LogP contribution in [0.5, 0.6) is 0 Å². The van der Waals surface area contributed by atoms with Gasteiger partial charge < -0.3 is 29.2 Å². The Morgan fingerprint density at radius 2 is 1.51 bits per heavy atom. The van der Waals surface area contributed by atoms with Crippen LogP contribution >= 0.6 is 0 Å². The number of ether oxygens (including phenoxy) is 4. The lowest BCUT2D eigenvalue weighted by Crippen LogP contribution is -2.31. The Hall–Kier alpha value is -3.05. The molecule has 0 unspecified atom stereocenters. The maximum Gasteiger partial charge on any atom is 0.267 e. The zero-order chi connectivity index (χ0) is 33.8. The van der Waals surface area contributed by atoms with Crippen LogP contribution in [0.1, 0.15) is 131 Å². The number of H-pyrrole nitrogens is 1. The van der Waals surface area contributed by atoms with E-state index in [0.29, 0.717) is 31.1 Å². The van der Waals surface area contributed by atoms with E-state index in [0.717, 1.165) is 122 Å². The number of nitrogens with zero attached hydrogens (tertiary/aromatic N) is 3. The predicted molar refractivity (Wildman–Crippen MR) is 190 cm³/mol. The SMILES string of the molecule is O=C(NCCCCCCOCCCC[C@H]1CCC[C@@H](Cn2cc([C@@H]3CCC[C@H](CCCCOCc4ccccc4)O3)nn2)O1)c1ccc[nH]1. The molecule has 0 saturated carbocycles. The van der Waals surface area contributed by atoms with Crippen LogP contribution in [0, 0.1) is 0 Å². The Morgan fingerprint density at radius 3 is 2.31 bits per heavy atom. The van der Waals surface area contributed by atoms with Crippen molar-refractivity contribution in [2.24, 2.45) is 0 Å². The van der Waals surface area contributed by atoms with Gasteiger partial charge in [-0.25, -0.2) is 4.68 Å². The first kappa shape index (κ1) is 37.2. The average molecular weight is 678 g/mol. The number of aromatic amines is 1. The highest BCUT2D eigenvalue weighted by Gasteiger charge is 2.27. The summed E-state index contributed by atoms with van der Waals surface area (Å²) in [5, 5.41) is 11.9. The molecule has 2 saturated heterocycles. The van der Waals surface area contributed by atoms with Gasteiger partial charge in [0.2, 0.25) is 0 Å². The van der Waals surface area contributed by atoms with E-state index in [-0.39, 0.29) is 18.1 Å². The third-order valence-corrected chi connectivity index (χ3v) is 9.65. The third-order valence-electron chi connectivity index (χ3n) is 9.65. The van der Waals surface area contributed by atoms with Crippen molar-refractivity contribution in [3.63, 3.8) is 0 Å². The largest absolute Gasteiger partial charge is 0.381 e. The van der Waals surface area contributed by atoms with Crippen molar-refractivity contribution < 1.29 is 23.7 Å². The van der Waals surface area contributed by atoms with Crippen molar-refractivity contribution in [2.75, 3.05) is 26.4 Å². The molecule has 0 radical (unpaired) electrons. The van der Waals surface area contributed by atoms with Crippen LogP contribution in [-0.4, -0.2) is 70.6 Å². The molecule has 3 aromatic rings. The Morgan fingerprint density at radius 1 is 0.796 bits per heavy atom. The molecule has 0 spiro atoms. The maximum absolute atomic E-state index is 11.9. The van der Waals surface area contributed by atoms with Gasteiger partial charge in [0.05, 0.1) is 37.7 Å². The van der Waals surface area contributed by atoms with Crippen LogP contribution in [0.3, 0.4) is 0 Å². The molecular formula is C39H59N5O5. The lowest BCUT2D eigenvalue weighted by atomic mass is 9.99. The number of benzene rings is 1. The van der Waals surface area contributed by atoms with E-state index in [2.05, 4.69) is 51.1 Å². The summed E-state index contributed by atoms with van der Waals surface area (Å²) < 4.78 is 26.7. The molecule has 10 heteroatoms. The van der Waals surface area contributed by atoms with E-state index >= 15 is 0 Å². The van der Waals surface area contributed by atoms with E-state index < -0.39 is 0 Å². The average Bonchev–Trinajstić information content (AvgIpc) is 3.84. The molecule has 2 fully saturated rings. The van der Waals surface area contributed by atoms with Crippen molar-refractivity contribution >= 4 is 5.91 Å². The zero-order valence-corrected chi connectivity index (χ0v) is 29.4.